The van der Waals surface area contributed by atoms with Gasteiger partial charge in [0.2, 0.25) is 5.95 Å². The smallest absolute Gasteiger partial charge is 0.245 e. The van der Waals surface area contributed by atoms with Crippen LogP contribution in [0.5, 0.6) is 0 Å². The molecule has 11 heteroatoms. The molecule has 3 aromatic rings. The second-order valence-electron chi connectivity index (χ2n) is 8.26. The SMILES string of the molecule is Fc1cnc(N/N=C/c2ccc(Nc3ccc(C4CNCCN4)cc3)cn2)nc1N1CCOCC1. The molecule has 1 atom stereocenters. The third kappa shape index (κ3) is 6.07. The van der Waals surface area contributed by atoms with E-state index in [2.05, 4.69) is 65.7 Å². The number of aromatic nitrogens is 3. The van der Waals surface area contributed by atoms with Gasteiger partial charge in [-0.3, -0.25) is 4.98 Å². The van der Waals surface area contributed by atoms with Crippen molar-refractivity contribution in [3.8, 4) is 0 Å². The molecule has 0 amide bonds. The maximum Gasteiger partial charge on any atom is 0.245 e. The third-order valence-corrected chi connectivity index (χ3v) is 5.83. The Labute approximate surface area is 203 Å². The van der Waals surface area contributed by atoms with Crippen LogP contribution >= 0.6 is 0 Å². The Hall–Kier alpha value is -3.67. The monoisotopic (exact) mass is 477 g/mol. The summed E-state index contributed by atoms with van der Waals surface area (Å²) < 4.78 is 19.5. The van der Waals surface area contributed by atoms with E-state index in [4.69, 9.17) is 4.74 Å². The van der Waals surface area contributed by atoms with Crippen molar-refractivity contribution in [2.24, 2.45) is 5.10 Å². The summed E-state index contributed by atoms with van der Waals surface area (Å²) in [5, 5.41) is 14.4. The highest BCUT2D eigenvalue weighted by Crippen LogP contribution is 2.21. The lowest BCUT2D eigenvalue weighted by molar-refractivity contribution is 0.122. The summed E-state index contributed by atoms with van der Waals surface area (Å²) in [6.45, 7) is 5.19. The van der Waals surface area contributed by atoms with Crippen LogP contribution < -0.4 is 26.3 Å². The highest BCUT2D eigenvalue weighted by molar-refractivity contribution is 5.78. The number of morpholine rings is 1. The summed E-state index contributed by atoms with van der Waals surface area (Å²) in [5.41, 5.74) is 6.53. The van der Waals surface area contributed by atoms with E-state index in [1.807, 2.05) is 17.0 Å². The number of nitrogens with zero attached hydrogens (tertiary/aromatic N) is 5. The van der Waals surface area contributed by atoms with E-state index >= 15 is 0 Å². The largest absolute Gasteiger partial charge is 0.378 e. The second-order valence-corrected chi connectivity index (χ2v) is 8.26. The van der Waals surface area contributed by atoms with E-state index in [9.17, 15) is 4.39 Å². The first-order valence-electron chi connectivity index (χ1n) is 11.7. The quantitative estimate of drug-likeness (QED) is 0.301. The van der Waals surface area contributed by atoms with Crippen LogP contribution in [0.1, 0.15) is 17.3 Å². The Bertz CT molecular complexity index is 1130. The van der Waals surface area contributed by atoms with E-state index in [0.717, 1.165) is 37.2 Å². The summed E-state index contributed by atoms with van der Waals surface area (Å²) >= 11 is 0. The molecule has 2 fully saturated rings. The van der Waals surface area contributed by atoms with E-state index in [1.54, 1.807) is 12.4 Å². The topological polar surface area (TPSA) is 112 Å². The molecule has 5 rings (SSSR count). The van der Waals surface area contributed by atoms with Crippen LogP contribution in [-0.4, -0.2) is 67.1 Å². The Morgan fingerprint density at radius 1 is 1.03 bits per heavy atom. The van der Waals surface area contributed by atoms with Gasteiger partial charge in [-0.25, -0.2) is 14.8 Å². The minimum atomic E-state index is -0.469. The van der Waals surface area contributed by atoms with Crippen LogP contribution in [0.2, 0.25) is 0 Å². The maximum atomic E-state index is 14.1. The molecule has 182 valence electrons. The number of ether oxygens (including phenoxy) is 1. The van der Waals surface area contributed by atoms with Gasteiger partial charge in [-0.05, 0) is 29.8 Å². The molecule has 35 heavy (non-hydrogen) atoms. The Kier molecular flexibility index (Phi) is 7.37. The molecule has 1 unspecified atom stereocenters. The van der Waals surface area contributed by atoms with Crippen molar-refractivity contribution in [1.82, 2.24) is 25.6 Å². The number of pyridine rings is 1. The predicted molar refractivity (Wildman–Crippen MR) is 134 cm³/mol. The molecule has 2 saturated heterocycles. The number of nitrogens with one attached hydrogen (secondary N) is 4. The van der Waals surface area contributed by atoms with Crippen molar-refractivity contribution in [2.45, 2.75) is 6.04 Å². The molecule has 0 radical (unpaired) electrons. The van der Waals surface area contributed by atoms with Crippen LogP contribution in [0.3, 0.4) is 0 Å². The number of rotatable bonds is 7. The van der Waals surface area contributed by atoms with Crippen LogP contribution in [0.15, 0.2) is 53.9 Å². The van der Waals surface area contributed by atoms with Crippen LogP contribution in [0.4, 0.5) is 27.5 Å². The van der Waals surface area contributed by atoms with E-state index in [0.29, 0.717) is 38.0 Å². The zero-order valence-electron chi connectivity index (χ0n) is 19.2. The Balaban J connectivity index is 1.15. The van der Waals surface area contributed by atoms with Crippen molar-refractivity contribution in [1.29, 1.82) is 0 Å². The average Bonchev–Trinajstić information content (AvgIpc) is 2.92. The van der Waals surface area contributed by atoms with Gasteiger partial charge in [0, 0.05) is 44.5 Å². The Morgan fingerprint density at radius 2 is 1.86 bits per heavy atom. The molecule has 2 aromatic heterocycles. The summed E-state index contributed by atoms with van der Waals surface area (Å²) in [6.07, 6.45) is 4.45. The number of hydrogen-bond donors (Lipinski definition) is 4. The fourth-order valence-corrected chi connectivity index (χ4v) is 3.98. The number of piperazine rings is 1. The highest BCUT2D eigenvalue weighted by Gasteiger charge is 2.18. The van der Waals surface area contributed by atoms with Crippen molar-refractivity contribution < 1.29 is 9.13 Å². The maximum absolute atomic E-state index is 14.1. The summed E-state index contributed by atoms with van der Waals surface area (Å²) in [6, 6.07) is 12.5. The summed E-state index contributed by atoms with van der Waals surface area (Å²) in [7, 11) is 0. The lowest BCUT2D eigenvalue weighted by atomic mass is 10.1. The number of hydrazone groups is 1. The van der Waals surface area contributed by atoms with E-state index < -0.39 is 5.82 Å². The lowest BCUT2D eigenvalue weighted by Crippen LogP contribution is -2.42. The van der Waals surface area contributed by atoms with E-state index in [1.165, 1.54) is 5.56 Å². The second kappa shape index (κ2) is 11.2. The van der Waals surface area contributed by atoms with Crippen LogP contribution in [0, 0.1) is 5.82 Å². The summed E-state index contributed by atoms with van der Waals surface area (Å²) in [4.78, 5) is 14.4. The minimum Gasteiger partial charge on any atom is -0.378 e. The van der Waals surface area contributed by atoms with Crippen LogP contribution in [0.25, 0.3) is 0 Å². The minimum absolute atomic E-state index is 0.213. The molecule has 2 aliphatic rings. The number of benzene rings is 1. The first-order valence-corrected chi connectivity index (χ1v) is 11.7. The highest BCUT2D eigenvalue weighted by atomic mass is 19.1. The normalized spacial score (nSPS) is 18.5. The first-order chi connectivity index (χ1) is 17.2. The number of anilines is 4. The van der Waals surface area contributed by atoms with Crippen molar-refractivity contribution in [3.63, 3.8) is 0 Å². The van der Waals surface area contributed by atoms with Gasteiger partial charge in [0.05, 0.1) is 43.2 Å². The summed E-state index contributed by atoms with van der Waals surface area (Å²) in [5.74, 6) is -0.0113. The fourth-order valence-electron chi connectivity index (χ4n) is 3.98. The molecular weight excluding hydrogens is 449 g/mol. The van der Waals surface area contributed by atoms with Gasteiger partial charge in [-0.1, -0.05) is 12.1 Å². The van der Waals surface area contributed by atoms with Crippen LogP contribution in [-0.2, 0) is 4.74 Å². The van der Waals surface area contributed by atoms with Gasteiger partial charge >= 0.3 is 0 Å². The predicted octanol–water partition coefficient (Wildman–Crippen LogP) is 2.27. The van der Waals surface area contributed by atoms with Gasteiger partial charge < -0.3 is 25.6 Å². The van der Waals surface area contributed by atoms with Gasteiger partial charge in [0.25, 0.3) is 0 Å². The third-order valence-electron chi connectivity index (χ3n) is 5.83. The zero-order chi connectivity index (χ0) is 23.9. The molecule has 0 aliphatic carbocycles. The Morgan fingerprint density at radius 3 is 2.60 bits per heavy atom. The average molecular weight is 478 g/mol. The number of hydrogen-bond acceptors (Lipinski definition) is 10. The van der Waals surface area contributed by atoms with Crippen molar-refractivity contribution in [2.75, 3.05) is 61.6 Å². The molecule has 0 saturated carbocycles. The molecule has 2 aliphatic heterocycles. The first kappa shape index (κ1) is 23.1. The molecular formula is C24H28FN9O. The fraction of sp³-hybridized carbons (Fsp3) is 0.333. The lowest BCUT2D eigenvalue weighted by Gasteiger charge is -2.27. The molecule has 1 aromatic carbocycles. The molecule has 10 nitrogen and oxygen atoms in total. The standard InChI is InChI=1S/C24H28FN9O/c25-21-15-29-24(32-23(21)34-9-11-35-12-10-34)33-30-14-19-5-6-20(13-28-19)31-18-3-1-17(2-4-18)22-16-26-7-8-27-22/h1-6,13-15,22,26-27,31H,7-12,16H2,(H,29,32,33)/b30-14+. The van der Waals surface area contributed by atoms with Crippen molar-refractivity contribution in [3.05, 3.63) is 65.9 Å². The van der Waals surface area contributed by atoms with Gasteiger partial charge in [-0.15, -0.1) is 0 Å². The molecule has 4 N–H and O–H groups in total. The van der Waals surface area contributed by atoms with Gasteiger partial charge in [0.15, 0.2) is 11.6 Å². The molecule has 4 heterocycles. The van der Waals surface area contributed by atoms with Gasteiger partial charge in [-0.2, -0.15) is 10.1 Å². The zero-order valence-corrected chi connectivity index (χ0v) is 19.2. The molecule has 0 spiro atoms. The van der Waals surface area contributed by atoms with Crippen molar-refractivity contribution >= 4 is 29.4 Å². The molecule has 0 bridgehead atoms. The van der Waals surface area contributed by atoms with E-state index in [-0.39, 0.29) is 11.8 Å². The van der Waals surface area contributed by atoms with Gasteiger partial charge in [0.1, 0.15) is 0 Å². The number of halogens is 1.